The van der Waals surface area contributed by atoms with Crippen LogP contribution in [0.4, 0.5) is 23.4 Å². The van der Waals surface area contributed by atoms with Crippen molar-refractivity contribution in [2.45, 2.75) is 68.6 Å². The van der Waals surface area contributed by atoms with Gasteiger partial charge in [0.1, 0.15) is 29.8 Å². The van der Waals surface area contributed by atoms with Gasteiger partial charge in [-0.05, 0) is 50.5 Å². The molecule has 6 heterocycles. The van der Waals surface area contributed by atoms with Crippen LogP contribution in [0.5, 0.6) is 6.01 Å². The van der Waals surface area contributed by atoms with Crippen LogP contribution in [0.1, 0.15) is 50.6 Å². The lowest BCUT2D eigenvalue weighted by Crippen LogP contribution is -2.47. The summed E-state index contributed by atoms with van der Waals surface area (Å²) in [4.78, 5) is 16.6. The molecular weight excluding hydrogens is 486 g/mol. The summed E-state index contributed by atoms with van der Waals surface area (Å²) in [6, 6.07) is -0.526. The van der Waals surface area contributed by atoms with Crippen molar-refractivity contribution in [1.29, 1.82) is 0 Å². The van der Waals surface area contributed by atoms with Crippen LogP contribution < -0.4 is 9.64 Å². The Bertz CT molecular complexity index is 1220. The van der Waals surface area contributed by atoms with E-state index in [2.05, 4.69) is 19.9 Å². The van der Waals surface area contributed by atoms with Crippen LogP contribution in [0.2, 0.25) is 5.15 Å². The molecule has 2 aromatic heterocycles. The average Bonchev–Trinajstić information content (AvgIpc) is 3.46. The number of alkyl halides is 3. The SMILES string of the molecule is Fc1c(Cl)nc2c3c(nc(OC[C@@]45CCCN4C[C@H](F)C5)nc13)N1C[C@H]3CC[C@H](C3)[C@H]1CC2(F)F. The Balaban J connectivity index is 1.35. The third-order valence-corrected chi connectivity index (χ3v) is 9.25. The van der Waals surface area contributed by atoms with E-state index in [-0.39, 0.29) is 35.3 Å². The van der Waals surface area contributed by atoms with Gasteiger partial charge in [-0.1, -0.05) is 11.6 Å². The van der Waals surface area contributed by atoms with Crippen molar-refractivity contribution in [2.75, 3.05) is 31.1 Å². The number of hydrogen-bond donors (Lipinski definition) is 0. The molecule has 4 fully saturated rings. The minimum Gasteiger partial charge on any atom is -0.461 e. The first kappa shape index (κ1) is 22.3. The highest BCUT2D eigenvalue weighted by atomic mass is 35.5. The minimum atomic E-state index is -3.30. The number of aromatic nitrogens is 3. The highest BCUT2D eigenvalue weighted by molar-refractivity contribution is 6.30. The third kappa shape index (κ3) is 3.27. The van der Waals surface area contributed by atoms with E-state index in [4.69, 9.17) is 16.3 Å². The summed E-state index contributed by atoms with van der Waals surface area (Å²) in [5.41, 5.74) is -1.30. The average molecular weight is 512 g/mol. The zero-order chi connectivity index (χ0) is 24.1. The van der Waals surface area contributed by atoms with Crippen molar-refractivity contribution >= 4 is 28.3 Å². The number of halogens is 5. The predicted molar refractivity (Wildman–Crippen MR) is 121 cm³/mol. The van der Waals surface area contributed by atoms with Crippen LogP contribution in [0.3, 0.4) is 0 Å². The van der Waals surface area contributed by atoms with Gasteiger partial charge in [0.05, 0.1) is 10.9 Å². The fourth-order valence-electron chi connectivity index (χ4n) is 7.47. The molecule has 5 atom stereocenters. The maximum absolute atomic E-state index is 15.6. The van der Waals surface area contributed by atoms with Gasteiger partial charge in [0, 0.05) is 32.0 Å². The summed E-state index contributed by atoms with van der Waals surface area (Å²) in [5.74, 6) is -3.50. The molecule has 7 rings (SSSR count). The van der Waals surface area contributed by atoms with Gasteiger partial charge in [0.25, 0.3) is 5.92 Å². The Morgan fingerprint density at radius 1 is 1.11 bits per heavy atom. The van der Waals surface area contributed by atoms with Crippen LogP contribution >= 0.6 is 11.6 Å². The van der Waals surface area contributed by atoms with E-state index < -0.39 is 46.8 Å². The van der Waals surface area contributed by atoms with Crippen molar-refractivity contribution in [3.05, 3.63) is 16.7 Å². The first-order valence-electron chi connectivity index (χ1n) is 12.5. The lowest BCUT2D eigenvalue weighted by Gasteiger charge is -2.41. The summed E-state index contributed by atoms with van der Waals surface area (Å²) < 4.78 is 66.6. The molecule has 0 radical (unpaired) electrons. The molecule has 3 saturated heterocycles. The molecule has 5 aliphatic rings. The molecule has 4 aliphatic heterocycles. The van der Waals surface area contributed by atoms with E-state index >= 15 is 13.2 Å². The zero-order valence-corrected chi connectivity index (χ0v) is 19.9. The Hall–Kier alpha value is -1.94. The highest BCUT2D eigenvalue weighted by Gasteiger charge is 2.52. The maximum atomic E-state index is 15.6. The maximum Gasteiger partial charge on any atom is 0.319 e. The van der Waals surface area contributed by atoms with E-state index in [1.807, 2.05) is 4.90 Å². The molecule has 1 saturated carbocycles. The van der Waals surface area contributed by atoms with Crippen LogP contribution in [0, 0.1) is 17.7 Å². The summed E-state index contributed by atoms with van der Waals surface area (Å²) in [6.07, 6.45) is 3.57. The Kier molecular flexibility index (Phi) is 4.80. The predicted octanol–water partition coefficient (Wildman–Crippen LogP) is 4.87. The fourth-order valence-corrected chi connectivity index (χ4v) is 7.64. The first-order chi connectivity index (χ1) is 16.7. The van der Waals surface area contributed by atoms with E-state index in [0.717, 1.165) is 38.6 Å². The van der Waals surface area contributed by atoms with Crippen molar-refractivity contribution in [1.82, 2.24) is 19.9 Å². The summed E-state index contributed by atoms with van der Waals surface area (Å²) in [6.45, 7) is 1.92. The molecule has 0 N–H and O–H groups in total. The smallest absolute Gasteiger partial charge is 0.319 e. The lowest BCUT2D eigenvalue weighted by molar-refractivity contribution is -0.0282. The lowest BCUT2D eigenvalue weighted by atomic mass is 9.87. The quantitative estimate of drug-likeness (QED) is 0.433. The van der Waals surface area contributed by atoms with Crippen LogP contribution in [-0.2, 0) is 5.92 Å². The van der Waals surface area contributed by atoms with E-state index in [1.54, 1.807) is 0 Å². The molecule has 0 aromatic carbocycles. The molecule has 11 heteroatoms. The summed E-state index contributed by atoms with van der Waals surface area (Å²) in [7, 11) is 0. The van der Waals surface area contributed by atoms with Gasteiger partial charge in [0.15, 0.2) is 11.0 Å². The third-order valence-electron chi connectivity index (χ3n) is 9.00. The largest absolute Gasteiger partial charge is 0.461 e. The number of fused-ring (bicyclic) bond motifs is 6. The van der Waals surface area contributed by atoms with Gasteiger partial charge in [0.2, 0.25) is 0 Å². The molecule has 188 valence electrons. The van der Waals surface area contributed by atoms with Crippen LogP contribution in [0.25, 0.3) is 10.9 Å². The molecule has 6 nitrogen and oxygen atoms in total. The van der Waals surface area contributed by atoms with E-state index in [0.29, 0.717) is 25.4 Å². The highest BCUT2D eigenvalue weighted by Crippen LogP contribution is 2.52. The minimum absolute atomic E-state index is 0.0848. The topological polar surface area (TPSA) is 54.4 Å². The second-order valence-electron chi connectivity index (χ2n) is 11.1. The number of anilines is 1. The summed E-state index contributed by atoms with van der Waals surface area (Å²) in [5, 5.41) is -0.723. The van der Waals surface area contributed by atoms with Gasteiger partial charge >= 0.3 is 6.01 Å². The number of ether oxygens (including phenoxy) is 1. The monoisotopic (exact) mass is 511 g/mol. The number of pyridine rings is 1. The van der Waals surface area contributed by atoms with Crippen molar-refractivity contribution in [2.24, 2.45) is 11.8 Å². The van der Waals surface area contributed by atoms with Crippen molar-refractivity contribution in [3.63, 3.8) is 0 Å². The second-order valence-corrected chi connectivity index (χ2v) is 11.4. The van der Waals surface area contributed by atoms with Gasteiger partial charge in [-0.15, -0.1) is 0 Å². The number of piperidine rings is 1. The Labute approximate surface area is 205 Å². The molecule has 1 aliphatic carbocycles. The fraction of sp³-hybridized carbons (Fsp3) is 0.708. The van der Waals surface area contributed by atoms with Gasteiger partial charge < -0.3 is 9.64 Å². The van der Waals surface area contributed by atoms with E-state index in [1.165, 1.54) is 0 Å². The van der Waals surface area contributed by atoms with Gasteiger partial charge in [-0.25, -0.2) is 13.8 Å². The second kappa shape index (κ2) is 7.54. The van der Waals surface area contributed by atoms with Gasteiger partial charge in [-0.3, -0.25) is 4.90 Å². The molecule has 35 heavy (non-hydrogen) atoms. The summed E-state index contributed by atoms with van der Waals surface area (Å²) >= 11 is 5.98. The van der Waals surface area contributed by atoms with Crippen LogP contribution in [0.15, 0.2) is 0 Å². The number of hydrogen-bond acceptors (Lipinski definition) is 6. The molecule has 0 amide bonds. The normalized spacial score (nSPS) is 35.3. The first-order valence-corrected chi connectivity index (χ1v) is 12.9. The molecule has 0 spiro atoms. The number of rotatable bonds is 3. The van der Waals surface area contributed by atoms with Gasteiger partial charge in [-0.2, -0.15) is 18.7 Å². The molecular formula is C24H26ClF4N5O. The Morgan fingerprint density at radius 2 is 1.97 bits per heavy atom. The molecule has 2 aromatic rings. The molecule has 0 unspecified atom stereocenters. The number of nitrogens with zero attached hydrogens (tertiary/aromatic N) is 5. The van der Waals surface area contributed by atoms with Crippen molar-refractivity contribution < 1.29 is 22.3 Å². The Morgan fingerprint density at radius 3 is 2.83 bits per heavy atom. The standard InChI is InChI=1S/C24H26ClF4N5O/c25-20-17(27)18-16-19(31-20)24(28,29)8-15-13-3-2-12(6-13)9-34(15)21(16)32-22(30-18)35-11-23-4-1-5-33(23)10-14(26)7-23/h12-15H,1-11H2/t12-,13+,14+,15+,23-/m0/s1. The molecule has 2 bridgehead atoms. The van der Waals surface area contributed by atoms with Crippen LogP contribution in [-0.4, -0.2) is 63.8 Å². The van der Waals surface area contributed by atoms with E-state index in [9.17, 15) is 4.39 Å². The zero-order valence-electron chi connectivity index (χ0n) is 19.1. The van der Waals surface area contributed by atoms with Crippen molar-refractivity contribution in [3.8, 4) is 6.01 Å².